The van der Waals surface area contributed by atoms with E-state index in [0.717, 1.165) is 37.7 Å². The van der Waals surface area contributed by atoms with Crippen LogP contribution in [0.5, 0.6) is 0 Å². The van der Waals surface area contributed by atoms with Gasteiger partial charge in [-0.2, -0.15) is 0 Å². The van der Waals surface area contributed by atoms with Crippen LogP contribution in [0.1, 0.15) is 11.1 Å². The first-order valence-corrected chi connectivity index (χ1v) is 6.36. The van der Waals surface area contributed by atoms with Crippen LogP contribution in [0.15, 0.2) is 18.2 Å². The van der Waals surface area contributed by atoms with Gasteiger partial charge in [0.25, 0.3) is 0 Å². The first-order valence-electron chi connectivity index (χ1n) is 5.99. The second-order valence-corrected chi connectivity index (χ2v) is 4.81. The summed E-state index contributed by atoms with van der Waals surface area (Å²) in [6, 6.07) is 6.07. The van der Waals surface area contributed by atoms with Gasteiger partial charge in [0, 0.05) is 44.9 Å². The molecule has 3 nitrogen and oxygen atoms in total. The molecule has 2 rings (SSSR count). The van der Waals surface area contributed by atoms with E-state index in [4.69, 9.17) is 16.3 Å². The minimum absolute atomic E-state index is 0.627. The van der Waals surface area contributed by atoms with Crippen molar-refractivity contribution in [3.8, 4) is 0 Å². The highest BCUT2D eigenvalue weighted by Gasteiger charge is 2.12. The number of methoxy groups -OCH3 is 1. The molecule has 4 heteroatoms. The summed E-state index contributed by atoms with van der Waals surface area (Å²) in [5.41, 5.74) is 2.51. The molecule has 17 heavy (non-hydrogen) atoms. The Labute approximate surface area is 108 Å². The van der Waals surface area contributed by atoms with E-state index in [1.54, 1.807) is 7.11 Å². The summed E-state index contributed by atoms with van der Waals surface area (Å²) in [6.07, 6.45) is 0. The third kappa shape index (κ3) is 3.68. The van der Waals surface area contributed by atoms with Crippen molar-refractivity contribution in [1.82, 2.24) is 10.2 Å². The molecule has 1 aliphatic heterocycles. The number of ether oxygens (including phenoxy) is 1. The Morgan fingerprint density at radius 1 is 1.29 bits per heavy atom. The lowest BCUT2D eigenvalue weighted by atomic mass is 10.1. The fourth-order valence-corrected chi connectivity index (χ4v) is 2.34. The van der Waals surface area contributed by atoms with Gasteiger partial charge in [-0.05, 0) is 23.3 Å². The van der Waals surface area contributed by atoms with Crippen LogP contribution in [-0.4, -0.2) is 38.2 Å². The normalized spacial score (nSPS) is 17.3. The van der Waals surface area contributed by atoms with Gasteiger partial charge in [-0.1, -0.05) is 17.7 Å². The van der Waals surface area contributed by atoms with Gasteiger partial charge in [0.2, 0.25) is 0 Å². The van der Waals surface area contributed by atoms with E-state index < -0.39 is 0 Å². The molecule has 1 aromatic rings. The zero-order valence-corrected chi connectivity index (χ0v) is 11.0. The highest BCUT2D eigenvalue weighted by atomic mass is 35.5. The second kappa shape index (κ2) is 6.36. The Kier molecular flexibility index (Phi) is 4.80. The van der Waals surface area contributed by atoms with E-state index in [1.807, 2.05) is 12.1 Å². The van der Waals surface area contributed by atoms with Crippen molar-refractivity contribution < 1.29 is 4.74 Å². The van der Waals surface area contributed by atoms with Gasteiger partial charge in [0.1, 0.15) is 0 Å². The van der Waals surface area contributed by atoms with Gasteiger partial charge in [-0.3, -0.25) is 4.90 Å². The molecule has 0 aliphatic carbocycles. The van der Waals surface area contributed by atoms with E-state index in [0.29, 0.717) is 6.61 Å². The SMILES string of the molecule is COCc1cc(Cl)ccc1CN1CCNCC1. The highest BCUT2D eigenvalue weighted by Crippen LogP contribution is 2.18. The van der Waals surface area contributed by atoms with E-state index in [2.05, 4.69) is 16.3 Å². The van der Waals surface area contributed by atoms with Gasteiger partial charge < -0.3 is 10.1 Å². The van der Waals surface area contributed by atoms with Gasteiger partial charge in [-0.25, -0.2) is 0 Å². The van der Waals surface area contributed by atoms with Crippen LogP contribution >= 0.6 is 11.6 Å². The Bertz CT molecular complexity index is 364. The van der Waals surface area contributed by atoms with Crippen molar-refractivity contribution in [3.05, 3.63) is 34.3 Å². The number of hydrogen-bond acceptors (Lipinski definition) is 3. The fourth-order valence-electron chi connectivity index (χ4n) is 2.15. The van der Waals surface area contributed by atoms with Crippen molar-refractivity contribution in [2.24, 2.45) is 0 Å². The van der Waals surface area contributed by atoms with Crippen LogP contribution in [0, 0.1) is 0 Å². The Morgan fingerprint density at radius 3 is 2.76 bits per heavy atom. The maximum Gasteiger partial charge on any atom is 0.0716 e. The van der Waals surface area contributed by atoms with Gasteiger partial charge >= 0.3 is 0 Å². The molecule has 0 atom stereocenters. The predicted molar refractivity (Wildman–Crippen MR) is 70.3 cm³/mol. The molecule has 0 radical (unpaired) electrons. The first kappa shape index (κ1) is 12.8. The molecule has 0 bridgehead atoms. The molecule has 0 aromatic heterocycles. The zero-order valence-electron chi connectivity index (χ0n) is 10.2. The van der Waals surface area contributed by atoms with Crippen LogP contribution in [0.25, 0.3) is 0 Å². The lowest BCUT2D eigenvalue weighted by Gasteiger charge is -2.28. The summed E-state index contributed by atoms with van der Waals surface area (Å²) in [5, 5.41) is 4.14. The first-order chi connectivity index (χ1) is 8.29. The molecule has 94 valence electrons. The summed E-state index contributed by atoms with van der Waals surface area (Å²) in [5.74, 6) is 0. The van der Waals surface area contributed by atoms with Crippen LogP contribution in [0.4, 0.5) is 0 Å². The number of hydrogen-bond donors (Lipinski definition) is 1. The third-order valence-corrected chi connectivity index (χ3v) is 3.31. The topological polar surface area (TPSA) is 24.5 Å². The lowest BCUT2D eigenvalue weighted by Crippen LogP contribution is -2.43. The number of nitrogens with zero attached hydrogens (tertiary/aromatic N) is 1. The molecule has 0 unspecified atom stereocenters. The molecule has 1 heterocycles. The van der Waals surface area contributed by atoms with Crippen molar-refractivity contribution in [2.75, 3.05) is 33.3 Å². The zero-order chi connectivity index (χ0) is 12.1. The number of piperazine rings is 1. The maximum atomic E-state index is 6.02. The van der Waals surface area contributed by atoms with Gasteiger partial charge in [-0.15, -0.1) is 0 Å². The summed E-state index contributed by atoms with van der Waals surface area (Å²) < 4.78 is 5.22. The minimum atomic E-state index is 0.627. The van der Waals surface area contributed by atoms with Crippen molar-refractivity contribution in [3.63, 3.8) is 0 Å². The van der Waals surface area contributed by atoms with E-state index in [1.165, 1.54) is 11.1 Å². The quantitative estimate of drug-likeness (QED) is 0.888. The van der Waals surface area contributed by atoms with Crippen molar-refractivity contribution in [2.45, 2.75) is 13.2 Å². The Balaban J connectivity index is 2.07. The molecule has 1 saturated heterocycles. The van der Waals surface area contributed by atoms with E-state index in [9.17, 15) is 0 Å². The van der Waals surface area contributed by atoms with E-state index in [-0.39, 0.29) is 0 Å². The summed E-state index contributed by atoms with van der Waals surface area (Å²) in [7, 11) is 1.72. The molecular formula is C13H19ClN2O. The van der Waals surface area contributed by atoms with Crippen LogP contribution < -0.4 is 5.32 Å². The van der Waals surface area contributed by atoms with Crippen molar-refractivity contribution >= 4 is 11.6 Å². The Morgan fingerprint density at radius 2 is 2.06 bits per heavy atom. The predicted octanol–water partition coefficient (Wildman–Crippen LogP) is 1.89. The molecule has 0 saturated carbocycles. The number of rotatable bonds is 4. The van der Waals surface area contributed by atoms with Gasteiger partial charge in [0.05, 0.1) is 6.61 Å². The molecular weight excluding hydrogens is 236 g/mol. The second-order valence-electron chi connectivity index (χ2n) is 4.37. The van der Waals surface area contributed by atoms with Crippen LogP contribution in [-0.2, 0) is 17.9 Å². The molecule has 1 fully saturated rings. The number of halogens is 1. The third-order valence-electron chi connectivity index (χ3n) is 3.07. The standard InChI is InChI=1S/C13H19ClN2O/c1-17-10-12-8-13(14)3-2-11(12)9-16-6-4-15-5-7-16/h2-3,8,15H,4-7,9-10H2,1H3. The smallest absolute Gasteiger partial charge is 0.0716 e. The van der Waals surface area contributed by atoms with Crippen molar-refractivity contribution in [1.29, 1.82) is 0 Å². The Hall–Kier alpha value is -0.610. The van der Waals surface area contributed by atoms with E-state index >= 15 is 0 Å². The number of benzene rings is 1. The molecule has 0 amide bonds. The largest absolute Gasteiger partial charge is 0.380 e. The minimum Gasteiger partial charge on any atom is -0.380 e. The summed E-state index contributed by atoms with van der Waals surface area (Å²) in [6.45, 7) is 5.98. The average Bonchev–Trinajstić information content (AvgIpc) is 2.34. The molecule has 0 spiro atoms. The molecule has 1 aliphatic rings. The maximum absolute atomic E-state index is 6.02. The highest BCUT2D eigenvalue weighted by molar-refractivity contribution is 6.30. The fraction of sp³-hybridized carbons (Fsp3) is 0.538. The summed E-state index contributed by atoms with van der Waals surface area (Å²) >= 11 is 6.02. The number of nitrogens with one attached hydrogen (secondary N) is 1. The molecule has 1 N–H and O–H groups in total. The lowest BCUT2D eigenvalue weighted by molar-refractivity contribution is 0.181. The van der Waals surface area contributed by atoms with Gasteiger partial charge in [0.15, 0.2) is 0 Å². The van der Waals surface area contributed by atoms with Crippen LogP contribution in [0.2, 0.25) is 5.02 Å². The molecule has 1 aromatic carbocycles. The summed E-state index contributed by atoms with van der Waals surface area (Å²) in [4.78, 5) is 2.46. The monoisotopic (exact) mass is 254 g/mol. The average molecular weight is 255 g/mol. The van der Waals surface area contributed by atoms with Crippen LogP contribution in [0.3, 0.4) is 0 Å².